The second-order valence-corrected chi connectivity index (χ2v) is 5.47. The van der Waals surface area contributed by atoms with Gasteiger partial charge < -0.3 is 9.84 Å². The highest BCUT2D eigenvalue weighted by Crippen LogP contribution is 2.36. The lowest BCUT2D eigenvalue weighted by Gasteiger charge is -2.33. The normalized spacial score (nSPS) is 18.5. The van der Waals surface area contributed by atoms with E-state index in [1.165, 1.54) is 0 Å². The summed E-state index contributed by atoms with van der Waals surface area (Å²) in [6.07, 6.45) is 0.813. The van der Waals surface area contributed by atoms with Crippen molar-refractivity contribution in [3.05, 3.63) is 29.8 Å². The van der Waals surface area contributed by atoms with Crippen molar-refractivity contribution in [3.63, 3.8) is 0 Å². The topological polar surface area (TPSA) is 46.5 Å². The standard InChI is InChI=1S/C13H14F2O3S/c14-12(15)19-10-3-1-9(2-4-10)13(11(16)17)5-7-18-8-6-13/h1-4,12H,5-8H2,(H,16,17). The average molecular weight is 288 g/mol. The number of rotatable bonds is 4. The van der Waals surface area contributed by atoms with Gasteiger partial charge in [0.05, 0.1) is 5.41 Å². The molecule has 1 aromatic rings. The Bertz CT molecular complexity index is 442. The van der Waals surface area contributed by atoms with Gasteiger partial charge in [-0.05, 0) is 30.5 Å². The molecule has 0 bridgehead atoms. The summed E-state index contributed by atoms with van der Waals surface area (Å²) < 4.78 is 29.7. The summed E-state index contributed by atoms with van der Waals surface area (Å²) in [7, 11) is 0. The van der Waals surface area contributed by atoms with Gasteiger partial charge in [0.1, 0.15) is 0 Å². The first-order valence-corrected chi connectivity index (χ1v) is 6.79. The van der Waals surface area contributed by atoms with Crippen LogP contribution in [-0.4, -0.2) is 30.0 Å². The summed E-state index contributed by atoms with van der Waals surface area (Å²) in [5.41, 5.74) is -0.298. The quantitative estimate of drug-likeness (QED) is 0.865. The van der Waals surface area contributed by atoms with Gasteiger partial charge in [0.2, 0.25) is 0 Å². The molecule has 1 aliphatic heterocycles. The van der Waals surface area contributed by atoms with Crippen molar-refractivity contribution in [2.45, 2.75) is 28.9 Å². The number of alkyl halides is 2. The average Bonchev–Trinajstić information content (AvgIpc) is 2.39. The number of carboxylic acids is 1. The molecular weight excluding hydrogens is 274 g/mol. The van der Waals surface area contributed by atoms with Crippen LogP contribution in [0.3, 0.4) is 0 Å². The molecule has 0 saturated carbocycles. The number of benzene rings is 1. The highest BCUT2D eigenvalue weighted by atomic mass is 32.2. The van der Waals surface area contributed by atoms with E-state index < -0.39 is 17.1 Å². The fraction of sp³-hybridized carbons (Fsp3) is 0.462. The third-order valence-corrected chi connectivity index (χ3v) is 4.11. The van der Waals surface area contributed by atoms with E-state index >= 15 is 0 Å². The largest absolute Gasteiger partial charge is 0.481 e. The van der Waals surface area contributed by atoms with Crippen LogP contribution in [0.15, 0.2) is 29.2 Å². The molecule has 19 heavy (non-hydrogen) atoms. The molecule has 0 unspecified atom stereocenters. The van der Waals surface area contributed by atoms with Crippen LogP contribution in [-0.2, 0) is 14.9 Å². The van der Waals surface area contributed by atoms with Gasteiger partial charge in [0.25, 0.3) is 5.76 Å². The van der Waals surface area contributed by atoms with Crippen LogP contribution in [0.4, 0.5) is 8.78 Å². The molecule has 0 atom stereocenters. The number of aliphatic carboxylic acids is 1. The molecule has 1 N–H and O–H groups in total. The molecule has 1 saturated heterocycles. The maximum absolute atomic E-state index is 12.2. The minimum absolute atomic E-state index is 0.403. The number of carbonyl (C=O) groups is 1. The Morgan fingerprint density at radius 1 is 1.26 bits per heavy atom. The molecule has 104 valence electrons. The fourth-order valence-corrected chi connectivity index (χ4v) is 2.80. The zero-order valence-electron chi connectivity index (χ0n) is 10.1. The zero-order valence-corrected chi connectivity index (χ0v) is 11.0. The first-order valence-electron chi connectivity index (χ1n) is 5.91. The van der Waals surface area contributed by atoms with E-state index in [-0.39, 0.29) is 0 Å². The Hall–Kier alpha value is -1.14. The lowest BCUT2D eigenvalue weighted by atomic mass is 9.74. The van der Waals surface area contributed by atoms with Crippen molar-refractivity contribution in [1.82, 2.24) is 0 Å². The van der Waals surface area contributed by atoms with Crippen LogP contribution in [0.1, 0.15) is 18.4 Å². The third kappa shape index (κ3) is 3.06. The van der Waals surface area contributed by atoms with E-state index in [0.29, 0.717) is 48.3 Å². The van der Waals surface area contributed by atoms with Gasteiger partial charge in [-0.2, -0.15) is 8.78 Å². The van der Waals surface area contributed by atoms with Crippen LogP contribution >= 0.6 is 11.8 Å². The number of thioether (sulfide) groups is 1. The molecule has 0 aromatic heterocycles. The predicted octanol–water partition coefficient (Wildman–Crippen LogP) is 3.13. The summed E-state index contributed by atoms with van der Waals surface area (Å²) in [5, 5.41) is 9.48. The molecule has 1 fully saturated rings. The van der Waals surface area contributed by atoms with Gasteiger partial charge in [0, 0.05) is 18.1 Å². The summed E-state index contributed by atoms with van der Waals surface area (Å²) >= 11 is 0.456. The van der Waals surface area contributed by atoms with E-state index in [9.17, 15) is 18.7 Å². The number of hydrogen-bond donors (Lipinski definition) is 1. The maximum atomic E-state index is 12.2. The van der Waals surface area contributed by atoms with Crippen molar-refractivity contribution < 1.29 is 23.4 Å². The smallest absolute Gasteiger partial charge is 0.314 e. The molecule has 0 radical (unpaired) electrons. The van der Waals surface area contributed by atoms with Gasteiger partial charge in [-0.1, -0.05) is 23.9 Å². The Labute approximate surface area is 114 Å². The summed E-state index contributed by atoms with van der Waals surface area (Å²) in [4.78, 5) is 12.0. The van der Waals surface area contributed by atoms with Crippen LogP contribution < -0.4 is 0 Å². The molecule has 3 nitrogen and oxygen atoms in total. The fourth-order valence-electron chi connectivity index (χ4n) is 2.30. The molecule has 0 spiro atoms. The van der Waals surface area contributed by atoms with Gasteiger partial charge in [-0.15, -0.1) is 0 Å². The van der Waals surface area contributed by atoms with Crippen LogP contribution in [0.25, 0.3) is 0 Å². The SMILES string of the molecule is O=C(O)C1(c2ccc(SC(F)F)cc2)CCOCC1. The molecule has 0 amide bonds. The van der Waals surface area contributed by atoms with Crippen LogP contribution in [0.2, 0.25) is 0 Å². The lowest BCUT2D eigenvalue weighted by molar-refractivity contribution is -0.147. The van der Waals surface area contributed by atoms with Crippen LogP contribution in [0, 0.1) is 0 Å². The molecule has 2 rings (SSSR count). The highest BCUT2D eigenvalue weighted by Gasteiger charge is 2.41. The van der Waals surface area contributed by atoms with E-state index in [1.54, 1.807) is 24.3 Å². The minimum atomic E-state index is -2.47. The molecule has 6 heteroatoms. The van der Waals surface area contributed by atoms with Crippen molar-refractivity contribution in [1.29, 1.82) is 0 Å². The molecule has 1 aliphatic rings. The van der Waals surface area contributed by atoms with E-state index in [0.717, 1.165) is 0 Å². The van der Waals surface area contributed by atoms with Gasteiger partial charge in [-0.25, -0.2) is 0 Å². The minimum Gasteiger partial charge on any atom is -0.481 e. The van der Waals surface area contributed by atoms with Crippen molar-refractivity contribution in [2.24, 2.45) is 0 Å². The van der Waals surface area contributed by atoms with Crippen molar-refractivity contribution in [3.8, 4) is 0 Å². The number of ether oxygens (including phenoxy) is 1. The Balaban J connectivity index is 2.25. The number of hydrogen-bond acceptors (Lipinski definition) is 3. The Morgan fingerprint density at radius 2 is 1.84 bits per heavy atom. The predicted molar refractivity (Wildman–Crippen MR) is 67.7 cm³/mol. The highest BCUT2D eigenvalue weighted by molar-refractivity contribution is 7.99. The number of halogens is 2. The second kappa shape index (κ2) is 5.88. The maximum Gasteiger partial charge on any atom is 0.314 e. The summed E-state index contributed by atoms with van der Waals surface area (Å²) in [5.74, 6) is -3.35. The van der Waals surface area contributed by atoms with E-state index in [4.69, 9.17) is 4.74 Å². The lowest BCUT2D eigenvalue weighted by Crippen LogP contribution is -2.41. The van der Waals surface area contributed by atoms with Gasteiger partial charge in [0.15, 0.2) is 0 Å². The first kappa shape index (κ1) is 14.3. The molecule has 0 aliphatic carbocycles. The molecular formula is C13H14F2O3S. The second-order valence-electron chi connectivity index (χ2n) is 4.40. The van der Waals surface area contributed by atoms with Gasteiger partial charge in [-0.3, -0.25) is 4.79 Å². The van der Waals surface area contributed by atoms with E-state index in [2.05, 4.69) is 0 Å². The molecule has 1 heterocycles. The summed E-state index contributed by atoms with van der Waals surface area (Å²) in [6.45, 7) is 0.805. The summed E-state index contributed by atoms with van der Waals surface area (Å²) in [6, 6.07) is 6.35. The van der Waals surface area contributed by atoms with Crippen molar-refractivity contribution in [2.75, 3.05) is 13.2 Å². The first-order chi connectivity index (χ1) is 9.04. The Kier molecular flexibility index (Phi) is 4.42. The zero-order chi connectivity index (χ0) is 13.9. The van der Waals surface area contributed by atoms with Gasteiger partial charge >= 0.3 is 5.97 Å². The third-order valence-electron chi connectivity index (χ3n) is 3.39. The van der Waals surface area contributed by atoms with Crippen LogP contribution in [0.5, 0.6) is 0 Å². The molecule has 1 aromatic carbocycles. The monoisotopic (exact) mass is 288 g/mol. The van der Waals surface area contributed by atoms with Crippen molar-refractivity contribution >= 4 is 17.7 Å². The Morgan fingerprint density at radius 3 is 2.32 bits per heavy atom. The van der Waals surface area contributed by atoms with E-state index in [1.807, 2.05) is 0 Å². The number of carboxylic acid groups (broad SMARTS) is 1.